The van der Waals surface area contributed by atoms with E-state index in [2.05, 4.69) is 5.32 Å². The van der Waals surface area contributed by atoms with Crippen LogP contribution in [0.15, 0.2) is 24.3 Å². The molecule has 1 unspecified atom stereocenters. The molecular formula is C13H17NO2S2. The minimum atomic E-state index is 0.0790. The highest BCUT2D eigenvalue weighted by Gasteiger charge is 2.21. The largest absolute Gasteiger partial charge is 0.494 e. The molecule has 3 nitrogen and oxygen atoms in total. The molecule has 0 spiro atoms. The summed E-state index contributed by atoms with van der Waals surface area (Å²) in [5, 5.41) is 3.03. The minimum Gasteiger partial charge on any atom is -0.494 e. The van der Waals surface area contributed by atoms with Gasteiger partial charge < -0.3 is 10.1 Å². The fraction of sp³-hybridized carbons (Fsp3) is 0.462. The monoisotopic (exact) mass is 283 g/mol. The van der Waals surface area contributed by atoms with Gasteiger partial charge in [-0.3, -0.25) is 4.79 Å². The lowest BCUT2D eigenvalue weighted by atomic mass is 10.3. The van der Waals surface area contributed by atoms with Crippen molar-refractivity contribution in [2.45, 2.75) is 12.2 Å². The van der Waals surface area contributed by atoms with Gasteiger partial charge in [0.15, 0.2) is 0 Å². The van der Waals surface area contributed by atoms with E-state index in [4.69, 9.17) is 4.74 Å². The van der Waals surface area contributed by atoms with Crippen LogP contribution in [0.4, 0.5) is 5.69 Å². The Labute approximate surface area is 116 Å². The average molecular weight is 283 g/mol. The average Bonchev–Trinajstić information content (AvgIpc) is 2.42. The van der Waals surface area contributed by atoms with Crippen molar-refractivity contribution in [1.82, 2.24) is 0 Å². The van der Waals surface area contributed by atoms with Crippen molar-refractivity contribution in [1.29, 1.82) is 0 Å². The van der Waals surface area contributed by atoms with Gasteiger partial charge in [0.05, 0.1) is 11.9 Å². The molecule has 0 bridgehead atoms. The summed E-state index contributed by atoms with van der Waals surface area (Å²) >= 11 is 3.59. The normalized spacial score (nSPS) is 19.3. The lowest BCUT2D eigenvalue weighted by Crippen LogP contribution is -2.30. The Morgan fingerprint density at radius 3 is 2.78 bits per heavy atom. The van der Waals surface area contributed by atoms with Crippen LogP contribution in [0.5, 0.6) is 5.75 Å². The molecule has 98 valence electrons. The first kappa shape index (κ1) is 13.6. The second kappa shape index (κ2) is 6.95. The zero-order valence-electron chi connectivity index (χ0n) is 10.3. The number of rotatable bonds is 4. The minimum absolute atomic E-state index is 0.0790. The van der Waals surface area contributed by atoms with Crippen molar-refractivity contribution in [3.05, 3.63) is 24.3 Å². The van der Waals surface area contributed by atoms with E-state index < -0.39 is 0 Å². The molecule has 1 saturated heterocycles. The van der Waals surface area contributed by atoms with Crippen LogP contribution in [-0.4, -0.2) is 35.0 Å². The first-order valence-electron chi connectivity index (χ1n) is 6.02. The molecule has 18 heavy (non-hydrogen) atoms. The van der Waals surface area contributed by atoms with Gasteiger partial charge in [-0.2, -0.15) is 11.8 Å². The molecule has 1 heterocycles. The number of hydrogen-bond donors (Lipinski definition) is 1. The second-order valence-corrected chi connectivity index (χ2v) is 6.34. The fourth-order valence-corrected chi connectivity index (χ4v) is 4.22. The van der Waals surface area contributed by atoms with Crippen LogP contribution in [0, 0.1) is 0 Å². The molecule has 5 heteroatoms. The van der Waals surface area contributed by atoms with Crippen molar-refractivity contribution >= 4 is 35.1 Å². The van der Waals surface area contributed by atoms with Crippen LogP contribution in [0.1, 0.15) is 6.92 Å². The van der Waals surface area contributed by atoms with Gasteiger partial charge in [-0.1, -0.05) is 0 Å². The van der Waals surface area contributed by atoms with Gasteiger partial charge in [-0.05, 0) is 31.2 Å². The van der Waals surface area contributed by atoms with Crippen LogP contribution < -0.4 is 10.1 Å². The van der Waals surface area contributed by atoms with Crippen LogP contribution in [0.25, 0.3) is 0 Å². The first-order valence-corrected chi connectivity index (χ1v) is 8.23. The van der Waals surface area contributed by atoms with E-state index in [0.29, 0.717) is 6.61 Å². The molecule has 0 saturated carbocycles. The van der Waals surface area contributed by atoms with E-state index in [9.17, 15) is 4.79 Å². The lowest BCUT2D eigenvalue weighted by Gasteiger charge is -2.20. The standard InChI is InChI=1S/C13H17NO2S2/c1-2-16-11-5-3-10(4-6-11)14-13(15)12-9-17-7-8-18-12/h3-6,12H,2,7-9H2,1H3,(H,14,15). The van der Waals surface area contributed by atoms with E-state index >= 15 is 0 Å². The molecule has 2 rings (SSSR count). The molecule has 0 aliphatic carbocycles. The summed E-state index contributed by atoms with van der Waals surface area (Å²) in [5.41, 5.74) is 0.833. The smallest absolute Gasteiger partial charge is 0.238 e. The summed E-state index contributed by atoms with van der Waals surface area (Å²) in [5.74, 6) is 4.06. The molecule has 1 N–H and O–H groups in total. The summed E-state index contributed by atoms with van der Waals surface area (Å²) in [6, 6.07) is 7.51. The quantitative estimate of drug-likeness (QED) is 0.922. The van der Waals surface area contributed by atoms with Crippen LogP contribution in [-0.2, 0) is 4.79 Å². The fourth-order valence-electron chi connectivity index (χ4n) is 1.66. The van der Waals surface area contributed by atoms with Gasteiger partial charge in [0, 0.05) is 22.9 Å². The first-order chi connectivity index (χ1) is 8.79. The summed E-state index contributed by atoms with van der Waals surface area (Å²) in [6.45, 7) is 2.61. The van der Waals surface area contributed by atoms with Crippen LogP contribution >= 0.6 is 23.5 Å². The number of thioether (sulfide) groups is 2. The maximum atomic E-state index is 12.0. The predicted molar refractivity (Wildman–Crippen MR) is 79.8 cm³/mol. The Morgan fingerprint density at radius 1 is 1.39 bits per heavy atom. The lowest BCUT2D eigenvalue weighted by molar-refractivity contribution is -0.115. The van der Waals surface area contributed by atoms with Crippen molar-refractivity contribution in [3.8, 4) is 5.75 Å². The van der Waals surface area contributed by atoms with E-state index in [1.54, 1.807) is 11.8 Å². The van der Waals surface area contributed by atoms with Crippen molar-refractivity contribution in [2.24, 2.45) is 0 Å². The molecule has 1 aromatic carbocycles. The molecule has 1 fully saturated rings. The third-order valence-electron chi connectivity index (χ3n) is 2.54. The summed E-state index contributed by atoms with van der Waals surface area (Å²) in [7, 11) is 0. The van der Waals surface area contributed by atoms with Crippen molar-refractivity contribution in [3.63, 3.8) is 0 Å². The Bertz CT molecular complexity index is 388. The number of amides is 1. The van der Waals surface area contributed by atoms with Crippen molar-refractivity contribution in [2.75, 3.05) is 29.2 Å². The molecule has 0 radical (unpaired) electrons. The number of anilines is 1. The zero-order valence-corrected chi connectivity index (χ0v) is 12.0. The van der Waals surface area contributed by atoms with Crippen molar-refractivity contribution < 1.29 is 9.53 Å². The third-order valence-corrected chi connectivity index (χ3v) is 5.30. The number of ether oxygens (including phenoxy) is 1. The van der Waals surface area contributed by atoms with Gasteiger partial charge >= 0.3 is 0 Å². The molecule has 1 aliphatic rings. The molecule has 1 atom stereocenters. The molecule has 1 amide bonds. The van der Waals surface area contributed by atoms with Crippen LogP contribution in [0.3, 0.4) is 0 Å². The van der Waals surface area contributed by atoms with Gasteiger partial charge in [-0.15, -0.1) is 11.8 Å². The Morgan fingerprint density at radius 2 is 2.17 bits per heavy atom. The Hall–Kier alpha value is -0.810. The molecule has 1 aromatic rings. The van der Waals surface area contributed by atoms with E-state index in [0.717, 1.165) is 28.7 Å². The maximum absolute atomic E-state index is 12.0. The highest BCUT2D eigenvalue weighted by atomic mass is 32.2. The second-order valence-electron chi connectivity index (χ2n) is 3.88. The van der Waals surface area contributed by atoms with Gasteiger partial charge in [-0.25, -0.2) is 0 Å². The number of nitrogens with one attached hydrogen (secondary N) is 1. The van der Waals surface area contributed by atoms with Crippen LogP contribution in [0.2, 0.25) is 0 Å². The summed E-state index contributed by atoms with van der Waals surface area (Å²) in [4.78, 5) is 12.0. The molecule has 1 aliphatic heterocycles. The number of benzene rings is 1. The van der Waals surface area contributed by atoms with Gasteiger partial charge in [0.1, 0.15) is 5.75 Å². The Kier molecular flexibility index (Phi) is 5.26. The summed E-state index contributed by atoms with van der Waals surface area (Å²) in [6.07, 6.45) is 0. The molecule has 0 aromatic heterocycles. The number of carbonyl (C=O) groups excluding carboxylic acids is 1. The maximum Gasteiger partial charge on any atom is 0.238 e. The highest BCUT2D eigenvalue weighted by Crippen LogP contribution is 2.25. The Balaban J connectivity index is 1.89. The van der Waals surface area contributed by atoms with E-state index in [-0.39, 0.29) is 11.2 Å². The van der Waals surface area contributed by atoms with E-state index in [1.165, 1.54) is 0 Å². The SMILES string of the molecule is CCOc1ccc(NC(=O)C2CSCCS2)cc1. The van der Waals surface area contributed by atoms with Gasteiger partial charge in [0.2, 0.25) is 5.91 Å². The van der Waals surface area contributed by atoms with E-state index in [1.807, 2.05) is 43.0 Å². The van der Waals surface area contributed by atoms with Gasteiger partial charge in [0.25, 0.3) is 0 Å². The highest BCUT2D eigenvalue weighted by molar-refractivity contribution is 8.07. The summed E-state index contributed by atoms with van der Waals surface area (Å²) < 4.78 is 5.36. The molecular weight excluding hydrogens is 266 g/mol. The number of hydrogen-bond acceptors (Lipinski definition) is 4. The topological polar surface area (TPSA) is 38.3 Å². The zero-order chi connectivity index (χ0) is 12.8. The third kappa shape index (κ3) is 3.85. The predicted octanol–water partition coefficient (Wildman–Crippen LogP) is 2.87. The number of carbonyl (C=O) groups is 1.